The fraction of sp³-hybridized carbons (Fsp3) is 0.571. The van der Waals surface area contributed by atoms with Crippen LogP contribution in [0.2, 0.25) is 5.02 Å². The molecule has 0 saturated heterocycles. The van der Waals surface area contributed by atoms with Gasteiger partial charge in [-0.2, -0.15) is 0 Å². The Morgan fingerprint density at radius 2 is 2.12 bits per heavy atom. The second kappa shape index (κ2) is 5.85. The first kappa shape index (κ1) is 12.9. The predicted octanol–water partition coefficient (Wildman–Crippen LogP) is 3.08. The number of hydrogen-bond donors (Lipinski definition) is 1. The van der Waals surface area contributed by atoms with Crippen LogP contribution in [-0.4, -0.2) is 29.2 Å². The van der Waals surface area contributed by atoms with E-state index in [0.717, 1.165) is 30.8 Å². The highest BCUT2D eigenvalue weighted by molar-refractivity contribution is 6.30. The molecule has 1 fully saturated rings. The van der Waals surface area contributed by atoms with Gasteiger partial charge in [-0.25, -0.2) is 0 Å². The molecular formula is C14H20ClNO. The Hall–Kier alpha value is -0.570. The summed E-state index contributed by atoms with van der Waals surface area (Å²) in [5.41, 5.74) is 1.21. The lowest BCUT2D eigenvalue weighted by atomic mass is 9.91. The zero-order chi connectivity index (χ0) is 12.3. The molecule has 3 heteroatoms. The van der Waals surface area contributed by atoms with Crippen molar-refractivity contribution in [1.29, 1.82) is 0 Å². The lowest BCUT2D eigenvalue weighted by Gasteiger charge is -2.35. The van der Waals surface area contributed by atoms with Gasteiger partial charge in [0.05, 0.1) is 6.10 Å². The van der Waals surface area contributed by atoms with Gasteiger partial charge in [-0.15, -0.1) is 0 Å². The zero-order valence-electron chi connectivity index (χ0n) is 10.3. The van der Waals surface area contributed by atoms with Crippen LogP contribution in [0.5, 0.6) is 0 Å². The summed E-state index contributed by atoms with van der Waals surface area (Å²) in [6.45, 7) is 0.849. The summed E-state index contributed by atoms with van der Waals surface area (Å²) in [7, 11) is 2.08. The highest BCUT2D eigenvalue weighted by Crippen LogP contribution is 2.24. The van der Waals surface area contributed by atoms with Gasteiger partial charge < -0.3 is 5.11 Å². The first-order chi connectivity index (χ1) is 8.16. The van der Waals surface area contributed by atoms with Crippen molar-refractivity contribution in [2.24, 2.45) is 0 Å². The number of rotatable bonds is 3. The molecule has 0 unspecified atom stereocenters. The number of halogens is 1. The number of nitrogens with zero attached hydrogens (tertiary/aromatic N) is 1. The molecule has 2 nitrogen and oxygen atoms in total. The van der Waals surface area contributed by atoms with Crippen LogP contribution in [0.15, 0.2) is 24.3 Å². The van der Waals surface area contributed by atoms with Crippen molar-refractivity contribution in [1.82, 2.24) is 4.90 Å². The molecule has 94 valence electrons. The van der Waals surface area contributed by atoms with Crippen molar-refractivity contribution >= 4 is 11.6 Å². The third-order valence-electron chi connectivity index (χ3n) is 3.58. The minimum Gasteiger partial charge on any atom is -0.391 e. The Morgan fingerprint density at radius 1 is 1.35 bits per heavy atom. The summed E-state index contributed by atoms with van der Waals surface area (Å²) in [6, 6.07) is 8.23. The monoisotopic (exact) mass is 253 g/mol. The van der Waals surface area contributed by atoms with E-state index in [0.29, 0.717) is 6.04 Å². The summed E-state index contributed by atoms with van der Waals surface area (Å²) < 4.78 is 0. The third-order valence-corrected chi connectivity index (χ3v) is 3.82. The van der Waals surface area contributed by atoms with Crippen LogP contribution in [0.1, 0.15) is 31.2 Å². The third kappa shape index (κ3) is 3.44. The van der Waals surface area contributed by atoms with Crippen LogP contribution in [0, 0.1) is 0 Å². The Balaban J connectivity index is 1.98. The molecule has 2 rings (SSSR count). The van der Waals surface area contributed by atoms with Crippen molar-refractivity contribution in [3.63, 3.8) is 0 Å². The quantitative estimate of drug-likeness (QED) is 0.895. The maximum Gasteiger partial charge on any atom is 0.0695 e. The number of hydrogen-bond acceptors (Lipinski definition) is 2. The van der Waals surface area contributed by atoms with Gasteiger partial charge in [0.15, 0.2) is 0 Å². The van der Waals surface area contributed by atoms with Crippen LogP contribution in [-0.2, 0) is 6.54 Å². The van der Waals surface area contributed by atoms with Crippen LogP contribution >= 0.6 is 11.6 Å². The average molecular weight is 254 g/mol. The van der Waals surface area contributed by atoms with Gasteiger partial charge in [-0.05, 0) is 37.6 Å². The van der Waals surface area contributed by atoms with E-state index in [9.17, 15) is 5.11 Å². The molecule has 0 spiro atoms. The Kier molecular flexibility index (Phi) is 4.43. The fourth-order valence-corrected chi connectivity index (χ4v) is 2.86. The summed E-state index contributed by atoms with van der Waals surface area (Å²) >= 11 is 5.97. The van der Waals surface area contributed by atoms with Gasteiger partial charge in [-0.3, -0.25) is 4.90 Å². The van der Waals surface area contributed by atoms with Crippen LogP contribution in [0.4, 0.5) is 0 Å². The molecule has 2 atom stereocenters. The summed E-state index contributed by atoms with van der Waals surface area (Å²) in [5.74, 6) is 0. The predicted molar refractivity (Wildman–Crippen MR) is 71.2 cm³/mol. The van der Waals surface area contributed by atoms with E-state index in [1.807, 2.05) is 18.2 Å². The Bertz CT molecular complexity index is 369. The van der Waals surface area contributed by atoms with Gasteiger partial charge >= 0.3 is 0 Å². The van der Waals surface area contributed by atoms with E-state index in [1.54, 1.807) is 0 Å². The van der Waals surface area contributed by atoms with Gasteiger partial charge in [0.1, 0.15) is 0 Å². The molecule has 0 radical (unpaired) electrons. The molecule has 17 heavy (non-hydrogen) atoms. The van der Waals surface area contributed by atoms with Crippen LogP contribution in [0.3, 0.4) is 0 Å². The molecule has 1 aromatic carbocycles. The molecule has 1 aliphatic carbocycles. The maximum absolute atomic E-state index is 10.0. The highest BCUT2D eigenvalue weighted by atomic mass is 35.5. The summed E-state index contributed by atoms with van der Waals surface area (Å²) in [4.78, 5) is 2.25. The number of likely N-dealkylation sites (N-methyl/N-ethyl adjacent to an activating group) is 1. The van der Waals surface area contributed by atoms with Crippen LogP contribution < -0.4 is 0 Å². The molecule has 1 aliphatic rings. The lowest BCUT2D eigenvalue weighted by molar-refractivity contribution is 0.0288. The molecule has 0 heterocycles. The van der Waals surface area contributed by atoms with E-state index >= 15 is 0 Å². The smallest absolute Gasteiger partial charge is 0.0695 e. The minimum atomic E-state index is -0.173. The van der Waals surface area contributed by atoms with Crippen molar-refractivity contribution in [3.8, 4) is 0 Å². The number of aliphatic hydroxyl groups is 1. The van der Waals surface area contributed by atoms with Gasteiger partial charge in [0.25, 0.3) is 0 Å². The molecule has 1 N–H and O–H groups in total. The first-order valence-corrected chi connectivity index (χ1v) is 6.67. The average Bonchev–Trinajstić information content (AvgIpc) is 2.29. The number of aliphatic hydroxyl groups excluding tert-OH is 1. The fourth-order valence-electron chi connectivity index (χ4n) is 2.65. The van der Waals surface area contributed by atoms with E-state index in [1.165, 1.54) is 12.0 Å². The van der Waals surface area contributed by atoms with E-state index in [2.05, 4.69) is 18.0 Å². The van der Waals surface area contributed by atoms with Crippen molar-refractivity contribution in [3.05, 3.63) is 34.9 Å². The van der Waals surface area contributed by atoms with Crippen molar-refractivity contribution in [2.75, 3.05) is 7.05 Å². The minimum absolute atomic E-state index is 0.173. The van der Waals surface area contributed by atoms with E-state index in [-0.39, 0.29) is 6.10 Å². The zero-order valence-corrected chi connectivity index (χ0v) is 11.0. The first-order valence-electron chi connectivity index (χ1n) is 6.29. The molecular weight excluding hydrogens is 234 g/mol. The standard InChI is InChI=1S/C14H20ClNO/c1-16(13-7-2-3-8-14(13)17)10-11-5-4-6-12(15)9-11/h4-6,9,13-14,17H,2-3,7-8,10H2,1H3/t13-,14-/m1/s1. The van der Waals surface area contributed by atoms with Crippen LogP contribution in [0.25, 0.3) is 0 Å². The van der Waals surface area contributed by atoms with E-state index in [4.69, 9.17) is 11.6 Å². The molecule has 0 aliphatic heterocycles. The molecule has 1 aromatic rings. The largest absolute Gasteiger partial charge is 0.391 e. The summed E-state index contributed by atoms with van der Waals surface area (Å²) in [6.07, 6.45) is 4.24. The van der Waals surface area contributed by atoms with E-state index < -0.39 is 0 Å². The normalized spacial score (nSPS) is 25.2. The van der Waals surface area contributed by atoms with Crippen molar-refractivity contribution in [2.45, 2.75) is 44.4 Å². The maximum atomic E-state index is 10.0. The SMILES string of the molecule is CN(Cc1cccc(Cl)c1)[C@@H]1CCCC[C@H]1O. The molecule has 1 saturated carbocycles. The molecule has 0 amide bonds. The second-order valence-corrected chi connectivity index (χ2v) is 5.40. The Labute approximate surface area is 108 Å². The summed E-state index contributed by atoms with van der Waals surface area (Å²) in [5, 5.41) is 10.8. The Morgan fingerprint density at radius 3 is 2.82 bits per heavy atom. The van der Waals surface area contributed by atoms with Crippen molar-refractivity contribution < 1.29 is 5.11 Å². The molecule has 0 bridgehead atoms. The second-order valence-electron chi connectivity index (χ2n) is 4.96. The number of benzene rings is 1. The van der Waals surface area contributed by atoms with Gasteiger partial charge in [0, 0.05) is 17.6 Å². The van der Waals surface area contributed by atoms with Gasteiger partial charge in [-0.1, -0.05) is 36.6 Å². The van der Waals surface area contributed by atoms with Gasteiger partial charge in [0.2, 0.25) is 0 Å². The molecule has 0 aromatic heterocycles. The highest BCUT2D eigenvalue weighted by Gasteiger charge is 2.26. The topological polar surface area (TPSA) is 23.5 Å². The lowest BCUT2D eigenvalue weighted by Crippen LogP contribution is -2.42.